The van der Waals surface area contributed by atoms with Crippen LogP contribution in [0.2, 0.25) is 5.02 Å². The maximum atomic E-state index is 13.9. The number of halogens is 3. The fourth-order valence-corrected chi connectivity index (χ4v) is 3.85. The van der Waals surface area contributed by atoms with Gasteiger partial charge in [0.15, 0.2) is 0 Å². The SMILES string of the molecule is Cc1[nH]nc2ccc(C3C(C#N)=C(c4ccc(Cl)cc4)N=C(C(F)F)C3C#N)cc12. The van der Waals surface area contributed by atoms with E-state index in [4.69, 9.17) is 11.6 Å². The number of aromatic amines is 1. The summed E-state index contributed by atoms with van der Waals surface area (Å²) >= 11 is 5.94. The highest BCUT2D eigenvalue weighted by Gasteiger charge is 2.40. The molecule has 4 rings (SSSR count). The maximum absolute atomic E-state index is 13.9. The van der Waals surface area contributed by atoms with E-state index in [9.17, 15) is 19.3 Å². The van der Waals surface area contributed by atoms with Crippen LogP contribution in [0, 0.1) is 35.5 Å². The number of alkyl halides is 2. The highest BCUT2D eigenvalue weighted by molar-refractivity contribution is 6.30. The molecule has 1 aliphatic rings. The number of nitriles is 2. The maximum Gasteiger partial charge on any atom is 0.277 e. The molecule has 0 fully saturated rings. The first-order chi connectivity index (χ1) is 14.4. The van der Waals surface area contributed by atoms with E-state index in [1.807, 2.05) is 13.0 Å². The number of aliphatic imine (C=N–C) groups is 1. The minimum atomic E-state index is -2.93. The second-order valence-corrected chi connectivity index (χ2v) is 7.36. The molecular formula is C22H14ClF2N5. The van der Waals surface area contributed by atoms with E-state index in [1.54, 1.807) is 42.5 Å². The quantitative estimate of drug-likeness (QED) is 0.613. The molecule has 148 valence electrons. The van der Waals surface area contributed by atoms with Gasteiger partial charge >= 0.3 is 0 Å². The van der Waals surface area contributed by atoms with Gasteiger partial charge in [0.05, 0.1) is 28.9 Å². The van der Waals surface area contributed by atoms with Gasteiger partial charge in [-0.2, -0.15) is 15.6 Å². The van der Waals surface area contributed by atoms with E-state index >= 15 is 0 Å². The predicted octanol–water partition coefficient (Wildman–Crippen LogP) is 5.40. The molecule has 0 radical (unpaired) electrons. The monoisotopic (exact) mass is 421 g/mol. The van der Waals surface area contributed by atoms with Crippen molar-refractivity contribution in [2.75, 3.05) is 0 Å². The Morgan fingerprint density at radius 2 is 1.87 bits per heavy atom. The van der Waals surface area contributed by atoms with Crippen molar-refractivity contribution in [1.29, 1.82) is 10.5 Å². The second-order valence-electron chi connectivity index (χ2n) is 6.93. The van der Waals surface area contributed by atoms with Crippen LogP contribution in [0.1, 0.15) is 22.7 Å². The van der Waals surface area contributed by atoms with Crippen molar-refractivity contribution in [3.8, 4) is 12.1 Å². The van der Waals surface area contributed by atoms with E-state index in [0.717, 1.165) is 11.1 Å². The standard InChI is InChI=1S/C22H14ClF2N5/c1-11-15-8-13(4-7-18(15)30-29-11)19-16(9-26)20(12-2-5-14(23)6-3-12)28-21(22(24)25)17(19)10-27/h2-8,17,19,22H,1H3,(H,29,30). The number of rotatable bonds is 3. The topological polar surface area (TPSA) is 88.6 Å². The lowest BCUT2D eigenvalue weighted by atomic mass is 9.75. The van der Waals surface area contributed by atoms with Gasteiger partial charge in [0.25, 0.3) is 6.43 Å². The van der Waals surface area contributed by atoms with Crippen LogP contribution < -0.4 is 0 Å². The van der Waals surface area contributed by atoms with E-state index in [1.165, 1.54) is 0 Å². The minimum absolute atomic E-state index is 0.130. The molecule has 0 aliphatic carbocycles. The van der Waals surface area contributed by atoms with Crippen LogP contribution >= 0.6 is 11.6 Å². The molecule has 3 aromatic rings. The summed E-state index contributed by atoms with van der Waals surface area (Å²) in [6.45, 7) is 1.84. The minimum Gasteiger partial charge on any atom is -0.282 e. The fraction of sp³-hybridized carbons (Fsp3) is 0.182. The van der Waals surface area contributed by atoms with Gasteiger partial charge < -0.3 is 0 Å². The summed E-state index contributed by atoms with van der Waals surface area (Å²) in [4.78, 5) is 4.07. The molecule has 8 heteroatoms. The summed E-state index contributed by atoms with van der Waals surface area (Å²) in [5.41, 5.74) is 2.32. The Hall–Kier alpha value is -3.55. The molecule has 2 atom stereocenters. The number of nitrogens with one attached hydrogen (secondary N) is 1. The molecule has 0 saturated carbocycles. The zero-order valence-electron chi connectivity index (χ0n) is 15.7. The summed E-state index contributed by atoms with van der Waals surface area (Å²) in [5.74, 6) is -2.15. The van der Waals surface area contributed by atoms with Crippen molar-refractivity contribution in [1.82, 2.24) is 10.2 Å². The molecule has 0 bridgehead atoms. The number of hydrogen-bond donors (Lipinski definition) is 1. The normalized spacial score (nSPS) is 19.0. The Morgan fingerprint density at radius 1 is 1.13 bits per heavy atom. The summed E-state index contributed by atoms with van der Waals surface area (Å²) in [5, 5.41) is 28.0. The number of aryl methyl sites for hydroxylation is 1. The Balaban J connectivity index is 1.98. The van der Waals surface area contributed by atoms with Crippen LogP contribution in [-0.4, -0.2) is 22.3 Å². The van der Waals surface area contributed by atoms with Crippen LogP contribution in [0.4, 0.5) is 8.78 Å². The van der Waals surface area contributed by atoms with Gasteiger partial charge in [-0.05, 0) is 36.8 Å². The van der Waals surface area contributed by atoms with E-state index in [0.29, 0.717) is 21.7 Å². The number of hydrogen-bond acceptors (Lipinski definition) is 4. The summed E-state index contributed by atoms with van der Waals surface area (Å²) in [6.07, 6.45) is -2.93. The van der Waals surface area contributed by atoms with Crippen molar-refractivity contribution >= 4 is 33.9 Å². The largest absolute Gasteiger partial charge is 0.282 e. The summed E-state index contributed by atoms with van der Waals surface area (Å²) in [6, 6.07) is 15.7. The zero-order valence-corrected chi connectivity index (χ0v) is 16.5. The molecule has 0 saturated heterocycles. The van der Waals surface area contributed by atoms with Crippen LogP contribution in [0.5, 0.6) is 0 Å². The van der Waals surface area contributed by atoms with Gasteiger partial charge in [0.1, 0.15) is 11.6 Å². The predicted molar refractivity (Wildman–Crippen MR) is 110 cm³/mol. The third kappa shape index (κ3) is 3.24. The molecular weight excluding hydrogens is 408 g/mol. The Morgan fingerprint density at radius 3 is 2.50 bits per heavy atom. The Labute approximate surface area is 175 Å². The molecule has 1 aliphatic heterocycles. The molecule has 30 heavy (non-hydrogen) atoms. The van der Waals surface area contributed by atoms with E-state index < -0.39 is 24.0 Å². The van der Waals surface area contributed by atoms with Crippen LogP contribution in [-0.2, 0) is 0 Å². The van der Waals surface area contributed by atoms with Gasteiger partial charge in [-0.1, -0.05) is 29.8 Å². The van der Waals surface area contributed by atoms with Crippen LogP contribution in [0.15, 0.2) is 53.0 Å². The van der Waals surface area contributed by atoms with E-state index in [2.05, 4.69) is 21.3 Å². The zero-order chi connectivity index (χ0) is 21.4. The van der Waals surface area contributed by atoms with E-state index in [-0.39, 0.29) is 11.3 Å². The van der Waals surface area contributed by atoms with Gasteiger partial charge in [-0.3, -0.25) is 5.10 Å². The highest BCUT2D eigenvalue weighted by atomic mass is 35.5. The summed E-state index contributed by atoms with van der Waals surface area (Å²) in [7, 11) is 0. The lowest BCUT2D eigenvalue weighted by Gasteiger charge is -2.29. The second kappa shape index (κ2) is 7.70. The molecule has 2 unspecified atom stereocenters. The molecule has 5 nitrogen and oxygen atoms in total. The van der Waals surface area contributed by atoms with Gasteiger partial charge in [0.2, 0.25) is 0 Å². The molecule has 0 amide bonds. The Kier molecular flexibility index (Phi) is 5.07. The first-order valence-electron chi connectivity index (χ1n) is 9.05. The number of aromatic nitrogens is 2. The number of fused-ring (bicyclic) bond motifs is 1. The number of benzene rings is 2. The summed E-state index contributed by atoms with van der Waals surface area (Å²) < 4.78 is 27.7. The molecule has 1 aromatic heterocycles. The van der Waals surface area contributed by atoms with Gasteiger partial charge in [-0.25, -0.2) is 13.8 Å². The third-order valence-corrected chi connectivity index (χ3v) is 5.44. The average Bonchev–Trinajstić information content (AvgIpc) is 3.12. The van der Waals surface area contributed by atoms with Crippen LogP contribution in [0.3, 0.4) is 0 Å². The first-order valence-corrected chi connectivity index (χ1v) is 9.43. The molecule has 0 spiro atoms. The average molecular weight is 422 g/mol. The first kappa shape index (κ1) is 19.8. The smallest absolute Gasteiger partial charge is 0.277 e. The third-order valence-electron chi connectivity index (χ3n) is 5.19. The van der Waals surface area contributed by atoms with Crippen molar-refractivity contribution < 1.29 is 8.78 Å². The lowest BCUT2D eigenvalue weighted by molar-refractivity contribution is 0.219. The van der Waals surface area contributed by atoms with Crippen molar-refractivity contribution in [2.45, 2.75) is 19.3 Å². The molecule has 2 aromatic carbocycles. The fourth-order valence-electron chi connectivity index (χ4n) is 3.73. The van der Waals surface area contributed by atoms with Crippen LogP contribution in [0.25, 0.3) is 16.6 Å². The number of nitrogens with zero attached hydrogens (tertiary/aromatic N) is 4. The van der Waals surface area contributed by atoms with Gasteiger partial charge in [0, 0.05) is 27.6 Å². The molecule has 2 heterocycles. The number of H-pyrrole nitrogens is 1. The number of allylic oxidation sites excluding steroid dienone is 1. The van der Waals surface area contributed by atoms with Gasteiger partial charge in [-0.15, -0.1) is 0 Å². The van der Waals surface area contributed by atoms with Crippen molar-refractivity contribution in [3.05, 3.63) is 69.9 Å². The molecule has 1 N–H and O–H groups in total. The lowest BCUT2D eigenvalue weighted by Crippen LogP contribution is -2.31. The highest BCUT2D eigenvalue weighted by Crippen LogP contribution is 2.43. The Bertz CT molecular complexity index is 1280. The van der Waals surface area contributed by atoms with Crippen molar-refractivity contribution in [3.63, 3.8) is 0 Å². The van der Waals surface area contributed by atoms with Crippen molar-refractivity contribution in [2.24, 2.45) is 10.9 Å².